The van der Waals surface area contributed by atoms with Crippen molar-refractivity contribution >= 4 is 21.6 Å². The highest BCUT2D eigenvalue weighted by Crippen LogP contribution is 2.30. The Hall–Kier alpha value is -3.78. The molecule has 7 heteroatoms. The molecule has 6 nitrogen and oxygen atoms in total. The lowest BCUT2D eigenvalue weighted by Gasteiger charge is -2.39. The van der Waals surface area contributed by atoms with Crippen LogP contribution >= 0.6 is 0 Å². The van der Waals surface area contributed by atoms with Gasteiger partial charge in [0.05, 0.1) is 17.4 Å². The van der Waals surface area contributed by atoms with Crippen LogP contribution in [0.4, 0.5) is 5.69 Å². The number of aryl methyl sites for hydroxylation is 1. The molecule has 1 N–H and O–H groups in total. The Morgan fingerprint density at radius 1 is 0.744 bits per heavy atom. The highest BCUT2D eigenvalue weighted by molar-refractivity contribution is 7.89. The minimum absolute atomic E-state index is 0.0693. The van der Waals surface area contributed by atoms with Gasteiger partial charge < -0.3 is 5.32 Å². The van der Waals surface area contributed by atoms with Crippen LogP contribution in [-0.2, 0) is 21.2 Å². The fraction of sp³-hybridized carbons (Fsp3) is 0.219. The van der Waals surface area contributed by atoms with Gasteiger partial charge in [-0.15, -0.1) is 0 Å². The van der Waals surface area contributed by atoms with Crippen LogP contribution in [0.15, 0.2) is 114 Å². The molecule has 0 saturated carbocycles. The maximum Gasteiger partial charge on any atom is 0.243 e. The predicted octanol–water partition coefficient (Wildman–Crippen LogP) is 5.27. The average Bonchev–Trinajstić information content (AvgIpc) is 2.96. The number of amides is 1. The first kappa shape index (κ1) is 26.8. The van der Waals surface area contributed by atoms with E-state index in [-0.39, 0.29) is 23.3 Å². The average molecular weight is 540 g/mol. The first-order valence-corrected chi connectivity index (χ1v) is 14.6. The second-order valence-electron chi connectivity index (χ2n) is 9.84. The number of benzene rings is 4. The molecule has 4 aromatic carbocycles. The molecular formula is C32H33N3O3S. The lowest BCUT2D eigenvalue weighted by atomic mass is 9.96. The molecule has 200 valence electrons. The molecule has 0 spiro atoms. The molecule has 1 aliphatic rings. The van der Waals surface area contributed by atoms with E-state index in [0.717, 1.165) is 11.1 Å². The second-order valence-corrected chi connectivity index (χ2v) is 11.8. The van der Waals surface area contributed by atoms with Gasteiger partial charge in [0.25, 0.3) is 0 Å². The van der Waals surface area contributed by atoms with Crippen molar-refractivity contribution in [2.45, 2.75) is 24.3 Å². The van der Waals surface area contributed by atoms with Crippen LogP contribution in [0.5, 0.6) is 0 Å². The van der Waals surface area contributed by atoms with E-state index in [9.17, 15) is 13.2 Å². The monoisotopic (exact) mass is 539 g/mol. The van der Waals surface area contributed by atoms with Crippen molar-refractivity contribution in [3.05, 3.63) is 131 Å². The van der Waals surface area contributed by atoms with Gasteiger partial charge in [0, 0.05) is 31.9 Å². The molecule has 0 bridgehead atoms. The summed E-state index contributed by atoms with van der Waals surface area (Å²) in [6.45, 7) is 4.05. The minimum Gasteiger partial charge on any atom is -0.326 e. The molecule has 1 heterocycles. The summed E-state index contributed by atoms with van der Waals surface area (Å²) in [7, 11) is -3.65. The lowest BCUT2D eigenvalue weighted by Crippen LogP contribution is -2.49. The molecule has 1 saturated heterocycles. The van der Waals surface area contributed by atoms with Crippen molar-refractivity contribution in [1.29, 1.82) is 0 Å². The fourth-order valence-electron chi connectivity index (χ4n) is 5.13. The number of piperazine rings is 1. The molecule has 0 unspecified atom stereocenters. The number of nitrogens with one attached hydrogen (secondary N) is 1. The SMILES string of the molecule is Cc1ccccc1CC(=O)Nc1ccc(S(=O)(=O)N2CCN(C(c3ccccc3)c3ccccc3)CC2)cc1. The normalized spacial score (nSPS) is 14.8. The number of sulfonamides is 1. The van der Waals surface area contributed by atoms with E-state index in [0.29, 0.717) is 31.9 Å². The molecule has 5 rings (SSSR count). The van der Waals surface area contributed by atoms with Crippen LogP contribution in [0.1, 0.15) is 28.3 Å². The van der Waals surface area contributed by atoms with E-state index < -0.39 is 10.0 Å². The summed E-state index contributed by atoms with van der Waals surface area (Å²) in [5.74, 6) is -0.137. The van der Waals surface area contributed by atoms with Crippen molar-refractivity contribution < 1.29 is 13.2 Å². The quantitative estimate of drug-likeness (QED) is 0.331. The number of rotatable bonds is 8. The summed E-state index contributed by atoms with van der Waals surface area (Å²) >= 11 is 0. The topological polar surface area (TPSA) is 69.7 Å². The Balaban J connectivity index is 1.23. The number of hydrogen-bond acceptors (Lipinski definition) is 4. The van der Waals surface area contributed by atoms with Crippen molar-refractivity contribution in [2.75, 3.05) is 31.5 Å². The van der Waals surface area contributed by atoms with Crippen LogP contribution in [0.25, 0.3) is 0 Å². The van der Waals surface area contributed by atoms with Gasteiger partial charge in [-0.05, 0) is 53.4 Å². The van der Waals surface area contributed by atoms with Crippen molar-refractivity contribution in [3.8, 4) is 0 Å². The molecule has 0 radical (unpaired) electrons. The summed E-state index contributed by atoms with van der Waals surface area (Å²) in [6, 6.07) is 35.0. The number of nitrogens with zero attached hydrogens (tertiary/aromatic N) is 2. The molecule has 0 aromatic heterocycles. The molecule has 4 aromatic rings. The molecule has 1 fully saturated rings. The zero-order chi connectivity index (χ0) is 27.2. The number of carbonyl (C=O) groups excluding carboxylic acids is 1. The third-order valence-corrected chi connectivity index (χ3v) is 9.17. The van der Waals surface area contributed by atoms with Crippen LogP contribution in [0, 0.1) is 6.92 Å². The first-order valence-electron chi connectivity index (χ1n) is 13.2. The number of carbonyl (C=O) groups is 1. The third-order valence-electron chi connectivity index (χ3n) is 7.26. The molecular weight excluding hydrogens is 506 g/mol. The van der Waals surface area contributed by atoms with Crippen LogP contribution in [-0.4, -0.2) is 49.7 Å². The highest BCUT2D eigenvalue weighted by atomic mass is 32.2. The van der Waals surface area contributed by atoms with E-state index in [2.05, 4.69) is 34.5 Å². The van der Waals surface area contributed by atoms with Gasteiger partial charge in [-0.1, -0.05) is 84.9 Å². The largest absolute Gasteiger partial charge is 0.326 e. The Labute approximate surface area is 231 Å². The Kier molecular flexibility index (Phi) is 8.21. The summed E-state index contributed by atoms with van der Waals surface area (Å²) in [5, 5.41) is 2.87. The summed E-state index contributed by atoms with van der Waals surface area (Å²) < 4.78 is 28.4. The number of anilines is 1. The number of hydrogen-bond donors (Lipinski definition) is 1. The van der Waals surface area contributed by atoms with E-state index in [1.807, 2.05) is 67.6 Å². The van der Waals surface area contributed by atoms with E-state index >= 15 is 0 Å². The Morgan fingerprint density at radius 3 is 1.85 bits per heavy atom. The van der Waals surface area contributed by atoms with Crippen molar-refractivity contribution in [3.63, 3.8) is 0 Å². The smallest absolute Gasteiger partial charge is 0.243 e. The Bertz CT molecular complexity index is 1460. The zero-order valence-corrected chi connectivity index (χ0v) is 22.8. The predicted molar refractivity (Wildman–Crippen MR) is 155 cm³/mol. The lowest BCUT2D eigenvalue weighted by molar-refractivity contribution is -0.115. The molecule has 1 aliphatic heterocycles. The van der Waals surface area contributed by atoms with Gasteiger partial charge in [0.2, 0.25) is 15.9 Å². The molecule has 0 atom stereocenters. The van der Waals surface area contributed by atoms with Gasteiger partial charge in [-0.2, -0.15) is 4.31 Å². The van der Waals surface area contributed by atoms with Crippen LogP contribution in [0.3, 0.4) is 0 Å². The van der Waals surface area contributed by atoms with Crippen molar-refractivity contribution in [2.24, 2.45) is 0 Å². The summed E-state index contributed by atoms with van der Waals surface area (Å²) in [5.41, 5.74) is 4.99. The minimum atomic E-state index is -3.65. The standard InChI is InChI=1S/C32H33N3O3S/c1-25-10-8-9-15-28(25)24-31(36)33-29-16-18-30(19-17-29)39(37,38)35-22-20-34(21-23-35)32(26-11-4-2-5-12-26)27-13-6-3-7-14-27/h2-19,32H,20-24H2,1H3,(H,33,36). The van der Waals surface area contributed by atoms with E-state index in [1.54, 1.807) is 28.6 Å². The van der Waals surface area contributed by atoms with Gasteiger partial charge in [-0.25, -0.2) is 8.42 Å². The summed E-state index contributed by atoms with van der Waals surface area (Å²) in [4.78, 5) is 15.1. The van der Waals surface area contributed by atoms with Gasteiger partial charge in [0.1, 0.15) is 0 Å². The fourth-order valence-corrected chi connectivity index (χ4v) is 6.55. The van der Waals surface area contributed by atoms with E-state index in [1.165, 1.54) is 11.1 Å². The van der Waals surface area contributed by atoms with Gasteiger partial charge >= 0.3 is 0 Å². The van der Waals surface area contributed by atoms with Gasteiger partial charge in [0.15, 0.2) is 0 Å². The second kappa shape index (κ2) is 11.9. The molecule has 1 amide bonds. The third kappa shape index (κ3) is 6.28. The van der Waals surface area contributed by atoms with Crippen LogP contribution in [0.2, 0.25) is 0 Å². The highest BCUT2D eigenvalue weighted by Gasteiger charge is 2.32. The molecule has 0 aliphatic carbocycles. The summed E-state index contributed by atoms with van der Waals surface area (Å²) in [6.07, 6.45) is 0.268. The maximum atomic E-state index is 13.4. The zero-order valence-electron chi connectivity index (χ0n) is 22.0. The van der Waals surface area contributed by atoms with Gasteiger partial charge in [-0.3, -0.25) is 9.69 Å². The van der Waals surface area contributed by atoms with E-state index in [4.69, 9.17) is 0 Å². The molecule has 39 heavy (non-hydrogen) atoms. The Morgan fingerprint density at radius 2 is 1.28 bits per heavy atom. The maximum absolute atomic E-state index is 13.4. The van der Waals surface area contributed by atoms with Crippen LogP contribution < -0.4 is 5.32 Å². The first-order chi connectivity index (χ1) is 18.9. The van der Waals surface area contributed by atoms with Crippen molar-refractivity contribution in [1.82, 2.24) is 9.21 Å².